The molecule has 1 aliphatic heterocycles. The average Bonchev–Trinajstić information content (AvgIpc) is 2.68. The van der Waals surface area contributed by atoms with Crippen molar-refractivity contribution in [2.24, 2.45) is 5.92 Å². The van der Waals surface area contributed by atoms with Crippen LogP contribution in [0, 0.1) is 5.92 Å². The molecule has 4 N–H and O–H groups in total. The lowest BCUT2D eigenvalue weighted by molar-refractivity contribution is -0.117. The van der Waals surface area contributed by atoms with Crippen molar-refractivity contribution in [2.75, 3.05) is 23.8 Å². The zero-order chi connectivity index (χ0) is 14.2. The Kier molecular flexibility index (Phi) is 3.48. The lowest BCUT2D eigenvalue weighted by atomic mass is 10.1. The van der Waals surface area contributed by atoms with Gasteiger partial charge in [-0.25, -0.2) is 0 Å². The molecule has 0 aliphatic carbocycles. The van der Waals surface area contributed by atoms with Gasteiger partial charge in [-0.3, -0.25) is 9.35 Å². The minimum atomic E-state index is -4.37. The third kappa shape index (κ3) is 2.70. The van der Waals surface area contributed by atoms with Crippen LogP contribution in [0.2, 0.25) is 0 Å². The van der Waals surface area contributed by atoms with Gasteiger partial charge in [0.2, 0.25) is 5.91 Å². The molecule has 1 saturated heterocycles. The fourth-order valence-electron chi connectivity index (χ4n) is 2.09. The summed E-state index contributed by atoms with van der Waals surface area (Å²) in [5.74, 6) is -0.284. The molecule has 2 rings (SSSR count). The lowest BCUT2D eigenvalue weighted by Gasteiger charge is -2.17. The van der Waals surface area contributed by atoms with Gasteiger partial charge in [0.05, 0.1) is 5.69 Å². The highest BCUT2D eigenvalue weighted by Crippen LogP contribution is 2.29. The van der Waals surface area contributed by atoms with Gasteiger partial charge in [-0.1, -0.05) is 0 Å². The Morgan fingerprint density at radius 3 is 2.58 bits per heavy atom. The maximum absolute atomic E-state index is 11.7. The lowest BCUT2D eigenvalue weighted by Crippen LogP contribution is -2.25. The van der Waals surface area contributed by atoms with E-state index in [2.05, 4.69) is 0 Å². The number of nitrogens with zero attached hydrogens (tertiary/aromatic N) is 1. The predicted octanol–water partition coefficient (Wildman–Crippen LogP) is -0.139. The van der Waals surface area contributed by atoms with E-state index in [1.807, 2.05) is 0 Å². The standard InChI is InChI=1S/C11H14N2O5S/c12-9-4-8(1-2-10(9)19(16,17)18)13-5-7(6-14)3-11(13)15/h1-2,4,7,14H,3,5-6,12H2,(H,16,17,18). The summed E-state index contributed by atoms with van der Waals surface area (Å²) in [5.41, 5.74) is 5.89. The number of carbonyl (C=O) groups excluding carboxylic acids is 1. The molecule has 1 aromatic rings. The van der Waals surface area contributed by atoms with Crippen molar-refractivity contribution in [1.29, 1.82) is 0 Å². The first-order valence-corrected chi connectivity index (χ1v) is 7.05. The van der Waals surface area contributed by atoms with E-state index < -0.39 is 10.1 Å². The molecule has 0 radical (unpaired) electrons. The number of amides is 1. The molecule has 1 heterocycles. The van der Waals surface area contributed by atoms with E-state index in [1.54, 1.807) is 0 Å². The Bertz CT molecular complexity index is 614. The molecule has 1 fully saturated rings. The minimum absolute atomic E-state index is 0.0825. The van der Waals surface area contributed by atoms with Crippen molar-refractivity contribution in [3.63, 3.8) is 0 Å². The van der Waals surface area contributed by atoms with E-state index in [0.29, 0.717) is 12.2 Å². The third-order valence-electron chi connectivity index (χ3n) is 3.05. The molecule has 1 aromatic carbocycles. The molecule has 19 heavy (non-hydrogen) atoms. The second-order valence-electron chi connectivity index (χ2n) is 4.45. The highest BCUT2D eigenvalue weighted by molar-refractivity contribution is 7.86. The summed E-state index contributed by atoms with van der Waals surface area (Å²) in [4.78, 5) is 12.8. The van der Waals surface area contributed by atoms with Crippen LogP contribution in [0.5, 0.6) is 0 Å². The Hall–Kier alpha value is -1.64. The van der Waals surface area contributed by atoms with Crippen LogP contribution in [-0.2, 0) is 14.9 Å². The maximum atomic E-state index is 11.7. The summed E-state index contributed by atoms with van der Waals surface area (Å²) in [6, 6.07) is 3.87. The summed E-state index contributed by atoms with van der Waals surface area (Å²) in [6.45, 7) is 0.279. The molecule has 0 aromatic heterocycles. The molecular formula is C11H14N2O5S. The van der Waals surface area contributed by atoms with Crippen molar-refractivity contribution >= 4 is 27.4 Å². The Balaban J connectivity index is 2.33. The van der Waals surface area contributed by atoms with Crippen LogP contribution in [0.1, 0.15) is 6.42 Å². The average molecular weight is 286 g/mol. The number of nitrogen functional groups attached to an aromatic ring is 1. The minimum Gasteiger partial charge on any atom is -0.398 e. The van der Waals surface area contributed by atoms with Gasteiger partial charge in [-0.15, -0.1) is 0 Å². The molecule has 0 spiro atoms. The van der Waals surface area contributed by atoms with Crippen LogP contribution in [0.3, 0.4) is 0 Å². The van der Waals surface area contributed by atoms with Crippen molar-refractivity contribution < 1.29 is 22.9 Å². The van der Waals surface area contributed by atoms with Crippen LogP contribution in [-0.4, -0.2) is 37.1 Å². The molecule has 8 heteroatoms. The van der Waals surface area contributed by atoms with Crippen LogP contribution in [0.25, 0.3) is 0 Å². The molecule has 0 saturated carbocycles. The highest BCUT2D eigenvalue weighted by atomic mass is 32.2. The van der Waals surface area contributed by atoms with E-state index in [4.69, 9.17) is 15.4 Å². The summed E-state index contributed by atoms with van der Waals surface area (Å²) in [7, 11) is -4.37. The Morgan fingerprint density at radius 2 is 2.11 bits per heavy atom. The zero-order valence-corrected chi connectivity index (χ0v) is 10.8. The van der Waals surface area contributed by atoms with Gasteiger partial charge in [0.1, 0.15) is 4.90 Å². The molecule has 1 amide bonds. The number of anilines is 2. The zero-order valence-electron chi connectivity index (χ0n) is 9.98. The molecule has 1 atom stereocenters. The monoisotopic (exact) mass is 286 g/mol. The first kappa shape index (κ1) is 13.8. The number of hydrogen-bond donors (Lipinski definition) is 3. The van der Waals surface area contributed by atoms with Crippen molar-refractivity contribution in [2.45, 2.75) is 11.3 Å². The van der Waals surface area contributed by atoms with Crippen LogP contribution in [0.4, 0.5) is 11.4 Å². The number of aliphatic hydroxyl groups is 1. The number of benzene rings is 1. The summed E-state index contributed by atoms with van der Waals surface area (Å²) in [5, 5.41) is 9.04. The van der Waals surface area contributed by atoms with Gasteiger partial charge in [0, 0.05) is 31.2 Å². The van der Waals surface area contributed by atoms with Crippen LogP contribution in [0.15, 0.2) is 23.1 Å². The van der Waals surface area contributed by atoms with Gasteiger partial charge < -0.3 is 15.7 Å². The first-order valence-electron chi connectivity index (χ1n) is 5.61. The fraction of sp³-hybridized carbons (Fsp3) is 0.364. The Labute approximate surface area is 110 Å². The third-order valence-corrected chi connectivity index (χ3v) is 3.97. The molecule has 0 bridgehead atoms. The molecular weight excluding hydrogens is 272 g/mol. The van der Waals surface area contributed by atoms with E-state index >= 15 is 0 Å². The number of aliphatic hydroxyl groups excluding tert-OH is 1. The largest absolute Gasteiger partial charge is 0.398 e. The number of hydrogen-bond acceptors (Lipinski definition) is 5. The van der Waals surface area contributed by atoms with Gasteiger partial charge in [-0.05, 0) is 18.2 Å². The van der Waals surface area contributed by atoms with Crippen molar-refractivity contribution in [1.82, 2.24) is 0 Å². The first-order chi connectivity index (χ1) is 8.82. The predicted molar refractivity (Wildman–Crippen MR) is 68.2 cm³/mol. The molecule has 7 nitrogen and oxygen atoms in total. The highest BCUT2D eigenvalue weighted by Gasteiger charge is 2.30. The van der Waals surface area contributed by atoms with E-state index in [0.717, 1.165) is 6.07 Å². The quantitative estimate of drug-likeness (QED) is 0.525. The van der Waals surface area contributed by atoms with E-state index in [1.165, 1.54) is 17.0 Å². The normalized spacial score (nSPS) is 20.0. The van der Waals surface area contributed by atoms with Crippen LogP contribution >= 0.6 is 0 Å². The molecule has 104 valence electrons. The number of nitrogens with two attached hydrogens (primary N) is 1. The Morgan fingerprint density at radius 1 is 1.42 bits per heavy atom. The smallest absolute Gasteiger partial charge is 0.296 e. The fourth-order valence-corrected chi connectivity index (χ4v) is 2.69. The van der Waals surface area contributed by atoms with Crippen LogP contribution < -0.4 is 10.6 Å². The second kappa shape index (κ2) is 4.80. The molecule has 1 unspecified atom stereocenters. The maximum Gasteiger partial charge on any atom is 0.296 e. The second-order valence-corrected chi connectivity index (χ2v) is 5.84. The topological polar surface area (TPSA) is 121 Å². The van der Waals surface area contributed by atoms with Crippen molar-refractivity contribution in [3.8, 4) is 0 Å². The number of rotatable bonds is 3. The van der Waals surface area contributed by atoms with E-state index in [-0.39, 0.29) is 35.4 Å². The summed E-state index contributed by atoms with van der Waals surface area (Å²) >= 11 is 0. The number of carbonyl (C=O) groups is 1. The van der Waals surface area contributed by atoms with Gasteiger partial charge in [-0.2, -0.15) is 8.42 Å². The SMILES string of the molecule is Nc1cc(N2CC(CO)CC2=O)ccc1S(=O)(=O)O. The van der Waals surface area contributed by atoms with Gasteiger partial charge in [0.25, 0.3) is 10.1 Å². The van der Waals surface area contributed by atoms with E-state index in [9.17, 15) is 13.2 Å². The van der Waals surface area contributed by atoms with Crippen molar-refractivity contribution in [3.05, 3.63) is 18.2 Å². The molecule has 1 aliphatic rings. The summed E-state index contributed by atoms with van der Waals surface area (Å²) < 4.78 is 31.0. The van der Waals surface area contributed by atoms with Gasteiger partial charge in [0.15, 0.2) is 0 Å². The summed E-state index contributed by atoms with van der Waals surface area (Å²) in [6.07, 6.45) is 0.246. The van der Waals surface area contributed by atoms with Gasteiger partial charge >= 0.3 is 0 Å².